The molecule has 0 aliphatic carbocycles. The fraction of sp³-hybridized carbons (Fsp3) is 0.120. The molecule has 14 aromatic rings. The summed E-state index contributed by atoms with van der Waals surface area (Å²) in [6.45, 7) is 1.91. The van der Waals surface area contributed by atoms with Crippen molar-refractivity contribution in [1.29, 1.82) is 0 Å². The SMILES string of the molecule is Clc1cccc(Cl)c1-c1c2nc(c3c4ccc([n-]4)c(-c4c(Cl)cccc4Cl)c4nc(c(c5ccc1[n-]5)-c1cccc(c1)OCCCCCCOc1cccc(c1)-c1c5nc(c(-c6c(Cl)cccc6Cl)c6ccc([nH]6)c(c6nc(c(-c7c(Cl)cccc7Cl)c7ccc1[nH]7)C=C6)-c1cccc(c1)OCCCCCCOc1cccc-3c1)C=C5)C=C4)C=C2.[Zn+2]. The molecule has 0 spiro atoms. The molecule has 121 heavy (non-hydrogen) atoms. The zero-order valence-corrected chi connectivity index (χ0v) is 74.0. The van der Waals surface area contributed by atoms with Crippen LogP contribution in [-0.2, 0) is 19.5 Å². The van der Waals surface area contributed by atoms with Crippen molar-refractivity contribution >= 4 is 186 Å². The molecule has 0 unspecified atom stereocenters. The van der Waals surface area contributed by atoms with Crippen molar-refractivity contribution in [3.63, 3.8) is 0 Å². The number of halogens is 8. The van der Waals surface area contributed by atoms with Gasteiger partial charge in [-0.2, -0.15) is 0 Å². The van der Waals surface area contributed by atoms with E-state index in [2.05, 4.69) is 46.4 Å². The Morgan fingerprint density at radius 3 is 0.719 bits per heavy atom. The molecule has 0 radical (unpaired) electrons. The second kappa shape index (κ2) is 35.7. The normalized spacial score (nSPS) is 13.6. The molecule has 2 N–H and O–H groups in total. The number of hydrogen-bond donors (Lipinski definition) is 2. The molecule has 592 valence electrons. The third-order valence-electron chi connectivity index (χ3n) is 21.9. The first-order valence-electron chi connectivity index (χ1n) is 39.7. The summed E-state index contributed by atoms with van der Waals surface area (Å²) in [7, 11) is 0. The Bertz CT molecular complexity index is 6070. The second-order valence-corrected chi connectivity index (χ2v) is 32.8. The van der Waals surface area contributed by atoms with Gasteiger partial charge in [-0.25, -0.2) is 19.9 Å². The quantitative estimate of drug-likeness (QED) is 0.163. The first kappa shape index (κ1) is 81.1. The summed E-state index contributed by atoms with van der Waals surface area (Å²) >= 11 is 58.0. The van der Waals surface area contributed by atoms with Gasteiger partial charge in [-0.3, -0.25) is 0 Å². The molecular formula is C100H70Cl8N8O4Zn. The Balaban J connectivity index is 0.0000100. The number of nitrogens with zero attached hydrogens (tertiary/aromatic N) is 6. The van der Waals surface area contributed by atoms with E-state index in [4.69, 9.17) is 142 Å². The predicted octanol–water partition coefficient (Wildman–Crippen LogP) is 29.8. The van der Waals surface area contributed by atoms with Crippen LogP contribution >= 0.6 is 92.8 Å². The zero-order valence-electron chi connectivity index (χ0n) is 64.9. The summed E-state index contributed by atoms with van der Waals surface area (Å²) in [6.07, 6.45) is 22.8. The summed E-state index contributed by atoms with van der Waals surface area (Å²) < 4.78 is 26.6. The van der Waals surface area contributed by atoms with Gasteiger partial charge in [-0.15, -0.1) is 22.1 Å². The second-order valence-electron chi connectivity index (χ2n) is 29.6. The average Bonchev–Trinajstić information content (AvgIpc) is 1.62. The summed E-state index contributed by atoms with van der Waals surface area (Å²) in [5, 5.41) is 3.61. The summed E-state index contributed by atoms with van der Waals surface area (Å²) in [5.41, 5.74) is 22.2. The van der Waals surface area contributed by atoms with Gasteiger partial charge in [0.2, 0.25) is 0 Å². The number of nitrogens with one attached hydrogen (secondary N) is 2. The summed E-state index contributed by atoms with van der Waals surface area (Å²) in [6, 6.07) is 70.6. The third kappa shape index (κ3) is 16.5. The minimum absolute atomic E-state index is 0. The van der Waals surface area contributed by atoms with Gasteiger partial charge in [-0.1, -0.05) is 190 Å². The minimum Gasteiger partial charge on any atom is -0.657 e. The van der Waals surface area contributed by atoms with Crippen molar-refractivity contribution in [2.24, 2.45) is 0 Å². The maximum absolute atomic E-state index is 7.26. The van der Waals surface area contributed by atoms with E-state index in [1.54, 1.807) is 0 Å². The number of H-pyrrole nitrogens is 2. The molecule has 0 fully saturated rings. The van der Waals surface area contributed by atoms with Gasteiger partial charge in [0.25, 0.3) is 0 Å². The number of rotatable bonds is 4. The largest absolute Gasteiger partial charge is 2.00 e. The van der Waals surface area contributed by atoms with Crippen molar-refractivity contribution in [3.8, 4) is 112 Å². The molecule has 28 bridgehead atoms. The first-order chi connectivity index (χ1) is 58.8. The first-order valence-corrected chi connectivity index (χ1v) is 42.7. The van der Waals surface area contributed by atoms with Crippen LogP contribution < -0.4 is 28.9 Å². The molecule has 6 aliphatic heterocycles. The fourth-order valence-electron chi connectivity index (χ4n) is 16.3. The van der Waals surface area contributed by atoms with E-state index in [0.717, 1.165) is 118 Å². The Morgan fingerprint density at radius 1 is 0.223 bits per heavy atom. The monoisotopic (exact) mass is 1790 g/mol. The van der Waals surface area contributed by atoms with Crippen LogP contribution in [0.25, 0.3) is 182 Å². The van der Waals surface area contributed by atoms with Gasteiger partial charge < -0.3 is 38.9 Å². The van der Waals surface area contributed by atoms with E-state index in [0.29, 0.717) is 202 Å². The molecule has 12 heterocycles. The van der Waals surface area contributed by atoms with Crippen LogP contribution in [0.4, 0.5) is 0 Å². The van der Waals surface area contributed by atoms with Gasteiger partial charge >= 0.3 is 19.5 Å². The van der Waals surface area contributed by atoms with Gasteiger partial charge in [0.1, 0.15) is 23.0 Å². The van der Waals surface area contributed by atoms with Crippen LogP contribution in [0.15, 0.2) is 218 Å². The maximum atomic E-state index is 7.26. The summed E-state index contributed by atoms with van der Waals surface area (Å²) in [5.74, 6) is 2.77. The number of fused-ring (bicyclic) bond motifs is 18. The maximum Gasteiger partial charge on any atom is 2.00 e. The third-order valence-corrected chi connectivity index (χ3v) is 24.4. The molecule has 20 rings (SSSR count). The van der Waals surface area contributed by atoms with Crippen LogP contribution in [0.5, 0.6) is 23.0 Å². The fourth-order valence-corrected chi connectivity index (χ4v) is 18.7. The zero-order chi connectivity index (χ0) is 81.5. The molecule has 0 amide bonds. The topological polar surface area (TPSA) is 148 Å². The Labute approximate surface area is 751 Å². The molecule has 12 nitrogen and oxygen atoms in total. The van der Waals surface area contributed by atoms with Gasteiger partial charge in [0, 0.05) is 86.7 Å². The van der Waals surface area contributed by atoms with Crippen LogP contribution in [0.2, 0.25) is 40.2 Å². The molecule has 21 heteroatoms. The minimum atomic E-state index is 0. The van der Waals surface area contributed by atoms with Crippen molar-refractivity contribution in [2.75, 3.05) is 26.4 Å². The van der Waals surface area contributed by atoms with Crippen LogP contribution in [0.1, 0.15) is 96.9 Å². The molecule has 0 saturated carbocycles. The van der Waals surface area contributed by atoms with Crippen LogP contribution in [0.3, 0.4) is 0 Å². The van der Waals surface area contributed by atoms with E-state index in [-0.39, 0.29) is 19.5 Å². The van der Waals surface area contributed by atoms with E-state index in [9.17, 15) is 0 Å². The molecule has 6 aromatic heterocycles. The van der Waals surface area contributed by atoms with Crippen molar-refractivity contribution < 1.29 is 38.4 Å². The number of benzene rings is 8. The van der Waals surface area contributed by atoms with E-state index >= 15 is 0 Å². The Hall–Kier alpha value is -10.9. The predicted molar refractivity (Wildman–Crippen MR) is 498 cm³/mol. The van der Waals surface area contributed by atoms with Crippen molar-refractivity contribution in [3.05, 3.63) is 304 Å². The van der Waals surface area contributed by atoms with Crippen molar-refractivity contribution in [1.82, 2.24) is 39.9 Å². The molecule has 0 atom stereocenters. The van der Waals surface area contributed by atoms with Crippen LogP contribution in [-0.4, -0.2) is 56.3 Å². The van der Waals surface area contributed by atoms with Gasteiger partial charge in [0.05, 0.1) is 92.1 Å². The van der Waals surface area contributed by atoms with Gasteiger partial charge in [0.15, 0.2) is 0 Å². The average molecular weight is 1800 g/mol. The van der Waals surface area contributed by atoms with Gasteiger partial charge in [-0.05, 0) is 266 Å². The number of aromatic amines is 2. The number of hydrogen-bond acceptors (Lipinski definition) is 8. The summed E-state index contributed by atoms with van der Waals surface area (Å²) in [4.78, 5) is 40.7. The van der Waals surface area contributed by atoms with E-state index in [1.165, 1.54) is 0 Å². The van der Waals surface area contributed by atoms with E-state index in [1.807, 2.05) is 231 Å². The molecule has 0 saturated heterocycles. The number of ether oxygens (including phenoxy) is 4. The Morgan fingerprint density at radius 2 is 0.438 bits per heavy atom. The Kier molecular flexibility index (Phi) is 23.9. The molecular weight excluding hydrogens is 1730 g/mol. The van der Waals surface area contributed by atoms with Crippen molar-refractivity contribution in [2.45, 2.75) is 51.4 Å². The smallest absolute Gasteiger partial charge is 0.657 e. The van der Waals surface area contributed by atoms with Crippen LogP contribution in [0, 0.1) is 0 Å². The van der Waals surface area contributed by atoms with E-state index < -0.39 is 0 Å². The number of aromatic nitrogens is 8. The molecule has 8 aromatic carbocycles. The standard InChI is InChI=1S/C100H70Cl8N8O4.Zn/c101-65-25-13-26-66(102)93(65)97-81-41-33-73(109-81)89-57-17-9-21-61(53-57)117-49-5-1-2-6-50-118-62-22-10-18-58(54-62)90-75-35-43-83(111-75)99(95-69(105)29-15-30-70(95)106)87-47-39-79(115-87)92(80-40-48-88(116-80)100(84-44-36-76(90)112-84)96-71(107)31-16-32-72(96)108)60-20-12-24-64(56-60)120-52-8-4-3-7-51-119-63-23-11-19-59(55-63)91(77-37-45-85(97)113-77)78-38-46-86(114-78)98(82-42-34-74(89)110-82)94-67(103)27-14-28-68(94)104;/h9-48,53-56,109,114H,1-8,49-52H2;/q-2;+2. The molecule has 6 aliphatic rings.